The fraction of sp³-hybridized carbons (Fsp3) is 0.158. The molecule has 1 aliphatic rings. The number of carbonyl (C=O) groups is 1. The molecule has 120 valence electrons. The Morgan fingerprint density at radius 3 is 2.67 bits per heavy atom. The number of rotatable bonds is 1. The van der Waals surface area contributed by atoms with Gasteiger partial charge in [-0.2, -0.15) is 0 Å². The van der Waals surface area contributed by atoms with E-state index in [9.17, 15) is 9.59 Å². The first-order valence-corrected chi connectivity index (χ1v) is 8.39. The maximum absolute atomic E-state index is 13.1. The van der Waals surface area contributed by atoms with Crippen LogP contribution in [0, 0.1) is 13.8 Å². The molecule has 2 aromatic carbocycles. The quantitative estimate of drug-likeness (QED) is 0.690. The van der Waals surface area contributed by atoms with E-state index < -0.39 is 6.04 Å². The summed E-state index contributed by atoms with van der Waals surface area (Å²) in [4.78, 5) is 25.4. The molecule has 2 heterocycles. The van der Waals surface area contributed by atoms with Gasteiger partial charge in [0.15, 0.2) is 5.43 Å². The molecule has 3 aromatic rings. The number of hydrogen-bond acceptors (Lipinski definition) is 3. The molecule has 0 saturated carbocycles. The lowest BCUT2D eigenvalue weighted by Gasteiger charge is -2.12. The second kappa shape index (κ2) is 5.31. The van der Waals surface area contributed by atoms with Gasteiger partial charge in [-0.3, -0.25) is 9.59 Å². The number of nitrogens with one attached hydrogen (secondary N) is 1. The highest BCUT2D eigenvalue weighted by Gasteiger charge is 2.36. The maximum atomic E-state index is 13.1. The molecule has 1 aromatic heterocycles. The molecular weight excluding hydrogens is 370 g/mol. The smallest absolute Gasteiger partial charge is 0.288 e. The average Bonchev–Trinajstić information content (AvgIpc) is 2.84. The molecule has 0 spiro atoms. The number of aryl methyl sites for hydroxylation is 2. The summed E-state index contributed by atoms with van der Waals surface area (Å²) >= 11 is 3.43. The van der Waals surface area contributed by atoms with Gasteiger partial charge >= 0.3 is 0 Å². The Morgan fingerprint density at radius 2 is 1.92 bits per heavy atom. The molecule has 0 bridgehead atoms. The van der Waals surface area contributed by atoms with Gasteiger partial charge in [-0.1, -0.05) is 34.1 Å². The SMILES string of the molecule is Cc1cc(C)c2c(=O)c3c(oc2c1)C(=O)NC3c1cccc(Br)c1. The second-order valence-electron chi connectivity index (χ2n) is 6.09. The van der Waals surface area contributed by atoms with Gasteiger partial charge in [-0.05, 0) is 48.7 Å². The third kappa shape index (κ3) is 2.19. The monoisotopic (exact) mass is 383 g/mol. The van der Waals surface area contributed by atoms with Gasteiger partial charge in [-0.15, -0.1) is 0 Å². The molecule has 0 fully saturated rings. The number of benzene rings is 2. The van der Waals surface area contributed by atoms with Crippen LogP contribution in [0.5, 0.6) is 0 Å². The highest BCUT2D eigenvalue weighted by molar-refractivity contribution is 9.10. The highest BCUT2D eigenvalue weighted by Crippen LogP contribution is 2.32. The molecule has 1 amide bonds. The van der Waals surface area contributed by atoms with Gasteiger partial charge < -0.3 is 9.73 Å². The second-order valence-corrected chi connectivity index (χ2v) is 7.01. The number of fused-ring (bicyclic) bond motifs is 2. The van der Waals surface area contributed by atoms with Crippen molar-refractivity contribution in [3.63, 3.8) is 0 Å². The first kappa shape index (κ1) is 15.1. The van der Waals surface area contributed by atoms with Crippen molar-refractivity contribution in [2.45, 2.75) is 19.9 Å². The topological polar surface area (TPSA) is 59.3 Å². The van der Waals surface area contributed by atoms with E-state index in [0.717, 1.165) is 21.2 Å². The molecule has 1 N–H and O–H groups in total. The molecule has 1 unspecified atom stereocenters. The van der Waals surface area contributed by atoms with Crippen LogP contribution in [0.25, 0.3) is 11.0 Å². The number of carbonyl (C=O) groups excluding carboxylic acids is 1. The number of hydrogen-bond donors (Lipinski definition) is 1. The fourth-order valence-corrected chi connectivity index (χ4v) is 3.76. The molecule has 4 nitrogen and oxygen atoms in total. The molecule has 0 saturated heterocycles. The summed E-state index contributed by atoms with van der Waals surface area (Å²) in [5, 5.41) is 3.40. The third-order valence-corrected chi connectivity index (χ3v) is 4.82. The van der Waals surface area contributed by atoms with E-state index >= 15 is 0 Å². The summed E-state index contributed by atoms with van der Waals surface area (Å²) < 4.78 is 6.71. The molecular formula is C19H14BrNO3. The first-order chi connectivity index (χ1) is 11.5. The van der Waals surface area contributed by atoms with E-state index in [-0.39, 0.29) is 17.1 Å². The average molecular weight is 384 g/mol. The predicted octanol–water partition coefficient (Wildman–Crippen LogP) is 4.01. The summed E-state index contributed by atoms with van der Waals surface area (Å²) in [6.45, 7) is 3.82. The summed E-state index contributed by atoms with van der Waals surface area (Å²) in [7, 11) is 0. The standard InChI is InChI=1S/C19H14BrNO3/c1-9-6-10(2)14-13(7-9)24-18-15(17(14)22)16(21-19(18)23)11-4-3-5-12(20)8-11/h3-8,16H,1-2H3,(H,21,23). The van der Waals surface area contributed by atoms with Crippen molar-refractivity contribution >= 4 is 32.8 Å². The molecule has 0 radical (unpaired) electrons. The predicted molar refractivity (Wildman–Crippen MR) is 95.4 cm³/mol. The summed E-state index contributed by atoms with van der Waals surface area (Å²) in [5.74, 6) is -0.240. The minimum atomic E-state index is -0.494. The van der Waals surface area contributed by atoms with Gasteiger partial charge in [0, 0.05) is 4.47 Å². The van der Waals surface area contributed by atoms with Gasteiger partial charge in [0.1, 0.15) is 5.58 Å². The van der Waals surface area contributed by atoms with Gasteiger partial charge in [0.25, 0.3) is 5.91 Å². The summed E-state index contributed by atoms with van der Waals surface area (Å²) in [5.41, 5.74) is 3.39. The first-order valence-electron chi connectivity index (χ1n) is 7.60. The van der Waals surface area contributed by atoms with E-state index in [0.29, 0.717) is 16.5 Å². The van der Waals surface area contributed by atoms with Crippen LogP contribution in [0.15, 0.2) is 50.1 Å². The minimum Gasteiger partial charge on any atom is -0.450 e. The highest BCUT2D eigenvalue weighted by atomic mass is 79.9. The van der Waals surface area contributed by atoms with Crippen LogP contribution in [0.1, 0.15) is 38.9 Å². The van der Waals surface area contributed by atoms with Crippen molar-refractivity contribution in [3.05, 3.63) is 79.1 Å². The zero-order chi connectivity index (χ0) is 17.0. The lowest BCUT2D eigenvalue weighted by molar-refractivity contribution is 0.0938. The summed E-state index contributed by atoms with van der Waals surface area (Å²) in [6, 6.07) is 10.8. The molecule has 5 heteroatoms. The van der Waals surface area contributed by atoms with E-state index in [1.807, 2.05) is 44.2 Å². The van der Waals surface area contributed by atoms with Crippen molar-refractivity contribution in [2.24, 2.45) is 0 Å². The van der Waals surface area contributed by atoms with E-state index in [1.165, 1.54) is 0 Å². The zero-order valence-electron chi connectivity index (χ0n) is 13.1. The number of amides is 1. The fourth-order valence-electron chi connectivity index (χ4n) is 3.34. The largest absolute Gasteiger partial charge is 0.450 e. The van der Waals surface area contributed by atoms with Gasteiger partial charge in [0.05, 0.1) is 17.0 Å². The van der Waals surface area contributed by atoms with Gasteiger partial charge in [-0.25, -0.2) is 0 Å². The Hall–Kier alpha value is -2.40. The zero-order valence-corrected chi connectivity index (χ0v) is 14.7. The molecule has 0 aliphatic carbocycles. The molecule has 4 rings (SSSR count). The van der Waals surface area contributed by atoms with Crippen molar-refractivity contribution in [2.75, 3.05) is 0 Å². The summed E-state index contributed by atoms with van der Waals surface area (Å²) in [6.07, 6.45) is 0. The van der Waals surface area contributed by atoms with Crippen LogP contribution in [0.4, 0.5) is 0 Å². The normalized spacial score (nSPS) is 16.3. The van der Waals surface area contributed by atoms with E-state index in [1.54, 1.807) is 6.07 Å². The molecule has 1 aliphatic heterocycles. The molecule has 24 heavy (non-hydrogen) atoms. The van der Waals surface area contributed by atoms with Crippen molar-refractivity contribution in [1.29, 1.82) is 0 Å². The Bertz CT molecular complexity index is 1070. The maximum Gasteiger partial charge on any atom is 0.288 e. The van der Waals surface area contributed by atoms with E-state index in [2.05, 4.69) is 21.2 Å². The van der Waals surface area contributed by atoms with Gasteiger partial charge in [0.2, 0.25) is 5.76 Å². The lowest BCUT2D eigenvalue weighted by atomic mass is 9.97. The Morgan fingerprint density at radius 1 is 1.12 bits per heavy atom. The third-order valence-electron chi connectivity index (χ3n) is 4.32. The Kier molecular flexibility index (Phi) is 3.35. The van der Waals surface area contributed by atoms with Crippen LogP contribution in [0.2, 0.25) is 0 Å². The molecule has 1 atom stereocenters. The van der Waals surface area contributed by atoms with Crippen LogP contribution < -0.4 is 10.7 Å². The van der Waals surface area contributed by atoms with Crippen LogP contribution >= 0.6 is 15.9 Å². The van der Waals surface area contributed by atoms with E-state index in [4.69, 9.17) is 4.42 Å². The van der Waals surface area contributed by atoms with Crippen molar-refractivity contribution in [1.82, 2.24) is 5.32 Å². The Balaban J connectivity index is 2.04. The van der Waals surface area contributed by atoms with Crippen molar-refractivity contribution < 1.29 is 9.21 Å². The van der Waals surface area contributed by atoms with Crippen LogP contribution in [-0.2, 0) is 0 Å². The number of halogens is 1. The Labute approximate surface area is 146 Å². The lowest BCUT2D eigenvalue weighted by Crippen LogP contribution is -2.22. The van der Waals surface area contributed by atoms with Crippen LogP contribution in [0.3, 0.4) is 0 Å². The van der Waals surface area contributed by atoms with Crippen molar-refractivity contribution in [3.8, 4) is 0 Å². The minimum absolute atomic E-state index is 0.113. The van der Waals surface area contributed by atoms with Crippen LogP contribution in [-0.4, -0.2) is 5.91 Å².